The number of hydrogen-bond acceptors (Lipinski definition) is 5. The quantitative estimate of drug-likeness (QED) is 0.497. The maximum absolute atomic E-state index is 11.1. The molecular weight excluding hydrogens is 304 g/mol. The Kier molecular flexibility index (Phi) is 5.25. The number of nitro groups is 1. The lowest BCUT2D eigenvalue weighted by atomic mass is 10.1. The lowest BCUT2D eigenvalue weighted by Crippen LogP contribution is -2.31. The molecule has 2 heterocycles. The smallest absolute Gasteiger partial charge is 0.274 e. The van der Waals surface area contributed by atoms with Crippen LogP contribution in [0.5, 0.6) is 0 Å². The highest BCUT2D eigenvalue weighted by Crippen LogP contribution is 2.29. The molecule has 0 aliphatic carbocycles. The molecule has 6 heteroatoms. The summed E-state index contributed by atoms with van der Waals surface area (Å²) in [7, 11) is 0. The molecule has 1 fully saturated rings. The van der Waals surface area contributed by atoms with Crippen molar-refractivity contribution >= 4 is 22.3 Å². The van der Waals surface area contributed by atoms with E-state index in [0.29, 0.717) is 11.1 Å². The van der Waals surface area contributed by atoms with Crippen molar-refractivity contribution < 1.29 is 4.92 Å². The van der Waals surface area contributed by atoms with Gasteiger partial charge in [0.15, 0.2) is 0 Å². The van der Waals surface area contributed by atoms with E-state index in [0.717, 1.165) is 30.6 Å². The van der Waals surface area contributed by atoms with Crippen LogP contribution in [0, 0.1) is 17.0 Å². The highest BCUT2D eigenvalue weighted by atomic mass is 16.6. The third-order valence-electron chi connectivity index (χ3n) is 4.75. The summed E-state index contributed by atoms with van der Waals surface area (Å²) in [6.45, 7) is 6.22. The van der Waals surface area contributed by atoms with Gasteiger partial charge in [-0.15, -0.1) is 0 Å². The van der Waals surface area contributed by atoms with E-state index < -0.39 is 0 Å². The van der Waals surface area contributed by atoms with E-state index in [1.165, 1.54) is 32.4 Å². The van der Waals surface area contributed by atoms with Crippen molar-refractivity contribution in [2.45, 2.75) is 32.6 Å². The molecule has 128 valence electrons. The zero-order valence-corrected chi connectivity index (χ0v) is 14.1. The van der Waals surface area contributed by atoms with Crippen LogP contribution in [-0.4, -0.2) is 41.0 Å². The van der Waals surface area contributed by atoms with E-state index >= 15 is 0 Å². The summed E-state index contributed by atoms with van der Waals surface area (Å²) >= 11 is 0. The van der Waals surface area contributed by atoms with Gasteiger partial charge in [0.05, 0.1) is 16.0 Å². The average molecular weight is 328 g/mol. The van der Waals surface area contributed by atoms with E-state index in [1.54, 1.807) is 25.3 Å². The highest BCUT2D eigenvalue weighted by molar-refractivity contribution is 5.94. The molecule has 1 N–H and O–H groups in total. The van der Waals surface area contributed by atoms with Gasteiger partial charge in [-0.05, 0) is 58.0 Å². The van der Waals surface area contributed by atoms with Gasteiger partial charge in [-0.3, -0.25) is 15.1 Å². The number of rotatable bonds is 6. The molecule has 1 aromatic heterocycles. The number of likely N-dealkylation sites (tertiary alicyclic amines) is 1. The van der Waals surface area contributed by atoms with Crippen molar-refractivity contribution in [1.82, 2.24) is 9.88 Å². The third kappa shape index (κ3) is 3.64. The molecule has 1 saturated heterocycles. The van der Waals surface area contributed by atoms with Crippen LogP contribution in [0.4, 0.5) is 11.4 Å². The SMILES string of the molecule is Cc1c([N+](=O)[O-])ccc2c(NCCCN3CCCCC3)ccnc12. The summed E-state index contributed by atoms with van der Waals surface area (Å²) in [6.07, 6.45) is 6.81. The minimum absolute atomic E-state index is 0.122. The first-order valence-corrected chi connectivity index (χ1v) is 8.66. The van der Waals surface area contributed by atoms with Crippen molar-refractivity contribution in [2.75, 3.05) is 31.5 Å². The first-order valence-electron chi connectivity index (χ1n) is 8.66. The molecule has 2 aromatic rings. The third-order valence-corrected chi connectivity index (χ3v) is 4.75. The molecule has 6 nitrogen and oxygen atoms in total. The topological polar surface area (TPSA) is 71.3 Å². The van der Waals surface area contributed by atoms with Crippen molar-refractivity contribution in [3.8, 4) is 0 Å². The molecule has 24 heavy (non-hydrogen) atoms. The molecule has 0 saturated carbocycles. The fraction of sp³-hybridized carbons (Fsp3) is 0.500. The number of piperidine rings is 1. The molecule has 0 radical (unpaired) electrons. The number of aromatic nitrogens is 1. The van der Waals surface area contributed by atoms with E-state index in [1.807, 2.05) is 6.07 Å². The number of nitro benzene ring substituents is 1. The Balaban J connectivity index is 1.66. The molecule has 0 bridgehead atoms. The predicted molar refractivity (Wildman–Crippen MR) is 96.5 cm³/mol. The van der Waals surface area contributed by atoms with Crippen LogP contribution >= 0.6 is 0 Å². The fourth-order valence-corrected chi connectivity index (χ4v) is 3.41. The van der Waals surface area contributed by atoms with Crippen LogP contribution in [0.25, 0.3) is 10.9 Å². The normalized spacial score (nSPS) is 15.5. The Labute approximate surface area is 142 Å². The van der Waals surface area contributed by atoms with Crippen LogP contribution in [0.1, 0.15) is 31.2 Å². The van der Waals surface area contributed by atoms with Crippen LogP contribution in [0.3, 0.4) is 0 Å². The van der Waals surface area contributed by atoms with Crippen LogP contribution in [0.2, 0.25) is 0 Å². The van der Waals surface area contributed by atoms with Gasteiger partial charge < -0.3 is 10.2 Å². The van der Waals surface area contributed by atoms with Crippen LogP contribution in [-0.2, 0) is 0 Å². The minimum Gasteiger partial charge on any atom is -0.384 e. The Morgan fingerprint density at radius 3 is 2.79 bits per heavy atom. The summed E-state index contributed by atoms with van der Waals surface area (Å²) in [5.41, 5.74) is 2.44. The van der Waals surface area contributed by atoms with Gasteiger partial charge >= 0.3 is 0 Å². The molecule has 0 atom stereocenters. The molecule has 1 aliphatic heterocycles. The number of benzene rings is 1. The predicted octanol–water partition coefficient (Wildman–Crippen LogP) is 3.74. The van der Waals surface area contributed by atoms with Crippen molar-refractivity contribution in [3.05, 3.63) is 40.1 Å². The van der Waals surface area contributed by atoms with E-state index in [2.05, 4.69) is 15.2 Å². The van der Waals surface area contributed by atoms with Crippen molar-refractivity contribution in [2.24, 2.45) is 0 Å². The number of aryl methyl sites for hydroxylation is 1. The first kappa shape index (κ1) is 16.6. The molecule has 1 aliphatic rings. The maximum atomic E-state index is 11.1. The molecular formula is C18H24N4O2. The molecule has 1 aromatic carbocycles. The summed E-state index contributed by atoms with van der Waals surface area (Å²) in [6, 6.07) is 5.30. The Morgan fingerprint density at radius 1 is 1.25 bits per heavy atom. The second-order valence-electron chi connectivity index (χ2n) is 6.40. The largest absolute Gasteiger partial charge is 0.384 e. The van der Waals surface area contributed by atoms with Gasteiger partial charge in [-0.2, -0.15) is 0 Å². The zero-order valence-electron chi connectivity index (χ0n) is 14.1. The summed E-state index contributed by atoms with van der Waals surface area (Å²) in [5.74, 6) is 0. The van der Waals surface area contributed by atoms with Crippen LogP contribution < -0.4 is 5.32 Å². The number of nitrogens with one attached hydrogen (secondary N) is 1. The number of pyridine rings is 1. The summed E-state index contributed by atoms with van der Waals surface area (Å²) in [5, 5.41) is 15.5. The standard InChI is InChI=1S/C18H24N4O2/c1-14-17(22(23)24)7-6-15-16(8-10-20-18(14)15)19-9-5-13-21-11-3-2-4-12-21/h6-8,10H,2-5,9,11-13H2,1H3,(H,19,20). The first-order chi connectivity index (χ1) is 11.7. The van der Waals surface area contributed by atoms with Gasteiger partial charge in [-0.25, -0.2) is 0 Å². The second kappa shape index (κ2) is 7.57. The van der Waals surface area contributed by atoms with E-state index in [9.17, 15) is 10.1 Å². The Hall–Kier alpha value is -2.21. The minimum atomic E-state index is -0.352. The van der Waals surface area contributed by atoms with Crippen LogP contribution in [0.15, 0.2) is 24.4 Å². The maximum Gasteiger partial charge on any atom is 0.274 e. The lowest BCUT2D eigenvalue weighted by Gasteiger charge is -2.26. The van der Waals surface area contributed by atoms with Gasteiger partial charge in [0, 0.05) is 29.9 Å². The van der Waals surface area contributed by atoms with Gasteiger partial charge in [0.2, 0.25) is 0 Å². The van der Waals surface area contributed by atoms with E-state index in [-0.39, 0.29) is 10.6 Å². The zero-order chi connectivity index (χ0) is 16.9. The summed E-state index contributed by atoms with van der Waals surface area (Å²) in [4.78, 5) is 17.6. The van der Waals surface area contributed by atoms with Crippen molar-refractivity contribution in [3.63, 3.8) is 0 Å². The Morgan fingerprint density at radius 2 is 2.04 bits per heavy atom. The molecule has 0 spiro atoms. The second-order valence-corrected chi connectivity index (χ2v) is 6.40. The van der Waals surface area contributed by atoms with E-state index in [4.69, 9.17) is 0 Å². The van der Waals surface area contributed by atoms with Gasteiger partial charge in [0.25, 0.3) is 5.69 Å². The molecule has 0 unspecified atom stereocenters. The summed E-state index contributed by atoms with van der Waals surface area (Å²) < 4.78 is 0. The van der Waals surface area contributed by atoms with Crippen molar-refractivity contribution in [1.29, 1.82) is 0 Å². The van der Waals surface area contributed by atoms with Gasteiger partial charge in [-0.1, -0.05) is 6.42 Å². The monoisotopic (exact) mass is 328 g/mol. The number of nitrogens with zero attached hydrogens (tertiary/aromatic N) is 3. The number of anilines is 1. The lowest BCUT2D eigenvalue weighted by molar-refractivity contribution is -0.385. The Bertz CT molecular complexity index is 726. The molecule has 3 rings (SSSR count). The molecule has 0 amide bonds. The average Bonchev–Trinajstić information content (AvgIpc) is 2.60. The van der Waals surface area contributed by atoms with Gasteiger partial charge in [0.1, 0.15) is 0 Å². The number of fused-ring (bicyclic) bond motifs is 1. The fourth-order valence-electron chi connectivity index (χ4n) is 3.41. The number of hydrogen-bond donors (Lipinski definition) is 1. The highest BCUT2D eigenvalue weighted by Gasteiger charge is 2.15.